The average molecular weight is 490 g/mol. The Morgan fingerprint density at radius 2 is 1.97 bits per heavy atom. The molecule has 0 unspecified atom stereocenters. The first kappa shape index (κ1) is 23.9. The molecule has 0 spiro atoms. The maximum absolute atomic E-state index is 9.27. The van der Waals surface area contributed by atoms with Gasteiger partial charge in [-0.3, -0.25) is 4.68 Å². The highest BCUT2D eigenvalue weighted by Crippen LogP contribution is 2.33. The minimum absolute atomic E-state index is 0.101. The van der Waals surface area contributed by atoms with Crippen LogP contribution in [-0.4, -0.2) is 28.1 Å². The van der Waals surface area contributed by atoms with Crippen molar-refractivity contribution in [2.75, 3.05) is 13.2 Å². The lowest BCUT2D eigenvalue weighted by molar-refractivity contribution is 0.266. The van der Waals surface area contributed by atoms with Crippen molar-refractivity contribution in [3.05, 3.63) is 75.0 Å². The molecule has 0 amide bonds. The van der Waals surface area contributed by atoms with Crippen LogP contribution in [0.25, 0.3) is 0 Å². The van der Waals surface area contributed by atoms with Crippen molar-refractivity contribution in [3.63, 3.8) is 0 Å². The van der Waals surface area contributed by atoms with Gasteiger partial charge in [-0.05, 0) is 56.0 Å². The standard InChI is InChI=1S/C25H29Cl2N3O3/c1-2-32-25-13-17(9-10-24(25)33-16-19-20(26)5-3-6-21(19)27)14-28-22-7-4-8-23-18(22)15-29-30(23)11-12-31/h3,5-6,9-10,13,15,22,28,31H,2,4,7-8,11-12,14,16H2,1H3/t22-/m1/s1. The van der Waals surface area contributed by atoms with Crippen molar-refractivity contribution in [1.82, 2.24) is 15.1 Å². The van der Waals surface area contributed by atoms with E-state index in [2.05, 4.69) is 10.4 Å². The highest BCUT2D eigenvalue weighted by molar-refractivity contribution is 6.35. The van der Waals surface area contributed by atoms with Crippen molar-refractivity contribution < 1.29 is 14.6 Å². The number of aliphatic hydroxyl groups excluding tert-OH is 1. The smallest absolute Gasteiger partial charge is 0.161 e. The number of benzene rings is 2. The number of nitrogens with one attached hydrogen (secondary N) is 1. The van der Waals surface area contributed by atoms with E-state index in [9.17, 15) is 5.11 Å². The molecule has 3 aromatic rings. The van der Waals surface area contributed by atoms with Crippen molar-refractivity contribution in [1.29, 1.82) is 0 Å². The minimum atomic E-state index is 0.101. The van der Waals surface area contributed by atoms with Gasteiger partial charge in [-0.2, -0.15) is 5.10 Å². The third-order valence-corrected chi connectivity index (χ3v) is 6.58. The van der Waals surface area contributed by atoms with Gasteiger partial charge in [0.05, 0.1) is 26.0 Å². The topological polar surface area (TPSA) is 68.5 Å². The fraction of sp³-hybridized carbons (Fsp3) is 0.400. The molecule has 0 saturated carbocycles. The molecule has 1 aliphatic rings. The molecule has 2 aromatic carbocycles. The Hall–Kier alpha value is -2.25. The number of aliphatic hydroxyl groups is 1. The molecule has 0 aliphatic heterocycles. The summed E-state index contributed by atoms with van der Waals surface area (Å²) in [4.78, 5) is 0. The number of hydrogen-bond acceptors (Lipinski definition) is 5. The Bertz CT molecular complexity index is 1070. The number of fused-ring (bicyclic) bond motifs is 1. The summed E-state index contributed by atoms with van der Waals surface area (Å²) in [6, 6.07) is 11.6. The molecule has 6 nitrogen and oxygen atoms in total. The second kappa shape index (κ2) is 11.3. The fourth-order valence-electron chi connectivity index (χ4n) is 4.23. The summed E-state index contributed by atoms with van der Waals surface area (Å²) >= 11 is 12.5. The average Bonchev–Trinajstić information content (AvgIpc) is 3.22. The molecule has 1 atom stereocenters. The Morgan fingerprint density at radius 3 is 2.73 bits per heavy atom. The molecule has 8 heteroatoms. The molecule has 1 heterocycles. The largest absolute Gasteiger partial charge is 0.490 e. The fourth-order valence-corrected chi connectivity index (χ4v) is 4.74. The molecule has 1 aromatic heterocycles. The van der Waals surface area contributed by atoms with Crippen LogP contribution in [0.4, 0.5) is 0 Å². The third kappa shape index (κ3) is 5.64. The summed E-state index contributed by atoms with van der Waals surface area (Å²) in [7, 11) is 0. The first-order valence-electron chi connectivity index (χ1n) is 11.3. The number of aromatic nitrogens is 2. The number of ether oxygens (including phenoxy) is 2. The van der Waals surface area contributed by atoms with Gasteiger partial charge in [0.1, 0.15) is 6.61 Å². The van der Waals surface area contributed by atoms with Crippen LogP contribution in [0.5, 0.6) is 11.5 Å². The minimum Gasteiger partial charge on any atom is -0.490 e. The zero-order valence-electron chi connectivity index (χ0n) is 18.7. The molecule has 176 valence electrons. The van der Waals surface area contributed by atoms with E-state index in [1.54, 1.807) is 12.1 Å². The van der Waals surface area contributed by atoms with Crippen LogP contribution >= 0.6 is 23.2 Å². The quantitative estimate of drug-likeness (QED) is 0.402. The lowest BCUT2D eigenvalue weighted by Crippen LogP contribution is -2.25. The molecule has 1 aliphatic carbocycles. The zero-order valence-corrected chi connectivity index (χ0v) is 20.2. The van der Waals surface area contributed by atoms with E-state index in [0.717, 1.165) is 30.4 Å². The highest BCUT2D eigenvalue weighted by atomic mass is 35.5. The molecule has 0 bridgehead atoms. The normalized spacial score (nSPS) is 15.3. The predicted molar refractivity (Wildman–Crippen MR) is 130 cm³/mol. The van der Waals surface area contributed by atoms with Gasteiger partial charge in [0.25, 0.3) is 0 Å². The van der Waals surface area contributed by atoms with E-state index in [0.29, 0.717) is 41.2 Å². The third-order valence-electron chi connectivity index (χ3n) is 5.87. The number of halogens is 2. The Balaban J connectivity index is 1.44. The zero-order chi connectivity index (χ0) is 23.2. The molecule has 4 rings (SSSR count). The second-order valence-electron chi connectivity index (χ2n) is 8.02. The lowest BCUT2D eigenvalue weighted by Gasteiger charge is -2.24. The van der Waals surface area contributed by atoms with Gasteiger partial charge in [-0.1, -0.05) is 35.3 Å². The maximum Gasteiger partial charge on any atom is 0.161 e. The van der Waals surface area contributed by atoms with Crippen LogP contribution in [0.2, 0.25) is 10.0 Å². The Morgan fingerprint density at radius 1 is 1.15 bits per heavy atom. The van der Waals surface area contributed by atoms with Gasteiger partial charge >= 0.3 is 0 Å². The number of hydrogen-bond donors (Lipinski definition) is 2. The highest BCUT2D eigenvalue weighted by Gasteiger charge is 2.24. The summed E-state index contributed by atoms with van der Waals surface area (Å²) in [5, 5.41) is 18.6. The van der Waals surface area contributed by atoms with Gasteiger partial charge in [0, 0.05) is 39.5 Å². The van der Waals surface area contributed by atoms with E-state index >= 15 is 0 Å². The number of nitrogens with zero attached hydrogens (tertiary/aromatic N) is 2. The monoisotopic (exact) mass is 489 g/mol. The lowest BCUT2D eigenvalue weighted by atomic mass is 9.93. The summed E-state index contributed by atoms with van der Waals surface area (Å²) in [5.74, 6) is 1.35. The molecule has 2 N–H and O–H groups in total. The first-order valence-corrected chi connectivity index (χ1v) is 12.1. The summed E-state index contributed by atoms with van der Waals surface area (Å²) in [6.45, 7) is 4.10. The molecular formula is C25H29Cl2N3O3. The van der Waals surface area contributed by atoms with E-state index in [1.165, 1.54) is 11.3 Å². The molecule has 0 saturated heterocycles. The van der Waals surface area contributed by atoms with Crippen molar-refractivity contribution in [2.45, 2.75) is 51.9 Å². The molecular weight excluding hydrogens is 461 g/mol. The van der Waals surface area contributed by atoms with Crippen molar-refractivity contribution >= 4 is 23.2 Å². The summed E-state index contributed by atoms with van der Waals surface area (Å²) in [6.07, 6.45) is 5.10. The van der Waals surface area contributed by atoms with E-state index in [-0.39, 0.29) is 19.3 Å². The summed E-state index contributed by atoms with van der Waals surface area (Å²) in [5.41, 5.74) is 4.32. The van der Waals surface area contributed by atoms with Gasteiger partial charge in [-0.25, -0.2) is 0 Å². The second-order valence-corrected chi connectivity index (χ2v) is 8.84. The number of rotatable bonds is 10. The van der Waals surface area contributed by atoms with Crippen LogP contribution in [-0.2, 0) is 26.1 Å². The summed E-state index contributed by atoms with van der Waals surface area (Å²) < 4.78 is 13.8. The van der Waals surface area contributed by atoms with Gasteiger partial charge in [0.2, 0.25) is 0 Å². The molecule has 33 heavy (non-hydrogen) atoms. The Labute approximate surface area is 204 Å². The van der Waals surface area contributed by atoms with Crippen LogP contribution in [0.3, 0.4) is 0 Å². The molecule has 0 fully saturated rings. The SMILES string of the molecule is CCOc1cc(CN[C@@H]2CCCc3c2cnn3CCO)ccc1OCc1c(Cl)cccc1Cl. The maximum atomic E-state index is 9.27. The van der Waals surface area contributed by atoms with Gasteiger partial charge < -0.3 is 19.9 Å². The van der Waals surface area contributed by atoms with Crippen LogP contribution in [0.1, 0.15) is 48.2 Å². The van der Waals surface area contributed by atoms with E-state index in [4.69, 9.17) is 32.7 Å². The van der Waals surface area contributed by atoms with Gasteiger partial charge in [-0.15, -0.1) is 0 Å². The van der Waals surface area contributed by atoms with Crippen LogP contribution in [0.15, 0.2) is 42.6 Å². The first-order chi connectivity index (χ1) is 16.1. The van der Waals surface area contributed by atoms with Crippen LogP contribution in [0, 0.1) is 0 Å². The predicted octanol–water partition coefficient (Wildman–Crippen LogP) is 5.33. The van der Waals surface area contributed by atoms with Crippen molar-refractivity contribution in [2.24, 2.45) is 0 Å². The van der Waals surface area contributed by atoms with Crippen LogP contribution < -0.4 is 14.8 Å². The van der Waals surface area contributed by atoms with E-state index in [1.807, 2.05) is 42.1 Å². The molecule has 0 radical (unpaired) electrons. The van der Waals surface area contributed by atoms with E-state index < -0.39 is 0 Å². The van der Waals surface area contributed by atoms with Gasteiger partial charge in [0.15, 0.2) is 11.5 Å². The Kier molecular flexibility index (Phi) is 8.15. The van der Waals surface area contributed by atoms with Crippen molar-refractivity contribution in [3.8, 4) is 11.5 Å².